The molecule has 0 atom stereocenters. The molecule has 0 aliphatic heterocycles. The zero-order valence-corrected chi connectivity index (χ0v) is 16.5. The number of carbonyl (C=O) groups excluding carboxylic acids is 3. The molecule has 8 heteroatoms. The number of likely N-dealkylation sites (N-methyl/N-ethyl adjacent to an activating group) is 2. The Balaban J connectivity index is 2.43. The van der Waals surface area contributed by atoms with Crippen molar-refractivity contribution >= 4 is 45.5 Å². The fourth-order valence-electron chi connectivity index (χ4n) is 1.72. The summed E-state index contributed by atoms with van der Waals surface area (Å²) in [7, 11) is 2.97. The van der Waals surface area contributed by atoms with Gasteiger partial charge < -0.3 is 15.0 Å². The first-order valence-electron chi connectivity index (χ1n) is 7.24. The molecular weight excluding hydrogens is 396 g/mol. The maximum Gasteiger partial charge on any atom is 0.316 e. The third-order valence-corrected chi connectivity index (χ3v) is 5.23. The molecule has 2 amide bonds. The molecule has 0 spiro atoms. The number of thioether (sulfide) groups is 1. The molecule has 0 saturated heterocycles. The number of ether oxygens (including phenoxy) is 1. The van der Waals surface area contributed by atoms with Crippen molar-refractivity contribution in [2.75, 3.05) is 33.0 Å². The summed E-state index contributed by atoms with van der Waals surface area (Å²) in [6.07, 6.45) is 0. The summed E-state index contributed by atoms with van der Waals surface area (Å²) in [6, 6.07) is 4.00. The van der Waals surface area contributed by atoms with E-state index < -0.39 is 11.9 Å². The highest BCUT2D eigenvalue weighted by atomic mass is 79.9. The van der Waals surface area contributed by atoms with E-state index in [1.165, 1.54) is 30.8 Å². The second kappa shape index (κ2) is 9.68. The molecule has 0 aromatic heterocycles. The van der Waals surface area contributed by atoms with Gasteiger partial charge in [0.25, 0.3) is 5.91 Å². The van der Waals surface area contributed by atoms with Crippen LogP contribution < -0.4 is 5.32 Å². The zero-order chi connectivity index (χ0) is 18.3. The quantitative estimate of drug-likeness (QED) is 0.542. The van der Waals surface area contributed by atoms with Gasteiger partial charge in [0.15, 0.2) is 6.61 Å². The van der Waals surface area contributed by atoms with Crippen molar-refractivity contribution in [1.29, 1.82) is 0 Å². The van der Waals surface area contributed by atoms with E-state index in [9.17, 15) is 14.4 Å². The molecule has 0 heterocycles. The van der Waals surface area contributed by atoms with E-state index in [0.29, 0.717) is 0 Å². The van der Waals surface area contributed by atoms with Crippen LogP contribution in [0, 0.1) is 13.8 Å². The molecule has 0 aliphatic carbocycles. The van der Waals surface area contributed by atoms with Crippen LogP contribution in [0.3, 0.4) is 0 Å². The van der Waals surface area contributed by atoms with Crippen LogP contribution in [0.1, 0.15) is 11.1 Å². The molecule has 0 unspecified atom stereocenters. The molecule has 0 radical (unpaired) electrons. The molecule has 0 bridgehead atoms. The largest absolute Gasteiger partial charge is 0.455 e. The summed E-state index contributed by atoms with van der Waals surface area (Å²) in [5.74, 6) is -1.06. The van der Waals surface area contributed by atoms with Crippen molar-refractivity contribution < 1.29 is 19.1 Å². The van der Waals surface area contributed by atoms with Crippen LogP contribution in [-0.2, 0) is 19.1 Å². The van der Waals surface area contributed by atoms with Crippen LogP contribution in [0.25, 0.3) is 0 Å². The van der Waals surface area contributed by atoms with E-state index in [1.807, 2.05) is 26.0 Å². The highest BCUT2D eigenvalue weighted by Gasteiger charge is 2.15. The maximum atomic E-state index is 11.8. The number of nitrogens with one attached hydrogen (secondary N) is 1. The van der Waals surface area contributed by atoms with E-state index in [-0.39, 0.29) is 24.8 Å². The van der Waals surface area contributed by atoms with E-state index >= 15 is 0 Å². The summed E-state index contributed by atoms with van der Waals surface area (Å²) in [5.41, 5.74) is 2.15. The Labute approximate surface area is 154 Å². The Hall–Kier alpha value is -1.54. The summed E-state index contributed by atoms with van der Waals surface area (Å²) in [6.45, 7) is 3.51. The van der Waals surface area contributed by atoms with Gasteiger partial charge in [-0.1, -0.05) is 15.9 Å². The molecule has 0 saturated carbocycles. The number of amides is 2. The van der Waals surface area contributed by atoms with Crippen LogP contribution in [0.4, 0.5) is 0 Å². The van der Waals surface area contributed by atoms with Gasteiger partial charge >= 0.3 is 5.97 Å². The van der Waals surface area contributed by atoms with Crippen molar-refractivity contribution in [2.24, 2.45) is 0 Å². The minimum absolute atomic E-state index is 0.0704. The average molecular weight is 417 g/mol. The second-order valence-electron chi connectivity index (χ2n) is 5.24. The van der Waals surface area contributed by atoms with Crippen molar-refractivity contribution in [3.05, 3.63) is 27.7 Å². The number of nitrogens with zero attached hydrogens (tertiary/aromatic N) is 1. The van der Waals surface area contributed by atoms with Gasteiger partial charge in [0, 0.05) is 23.5 Å². The van der Waals surface area contributed by atoms with Crippen molar-refractivity contribution in [3.63, 3.8) is 0 Å². The molecule has 0 fully saturated rings. The number of aryl methyl sites for hydroxylation is 2. The Kier molecular flexibility index (Phi) is 8.27. The number of rotatable bonds is 7. The van der Waals surface area contributed by atoms with Crippen molar-refractivity contribution in [1.82, 2.24) is 10.2 Å². The predicted octanol–water partition coefficient (Wildman–Crippen LogP) is 1.91. The lowest BCUT2D eigenvalue weighted by Crippen LogP contribution is -2.39. The van der Waals surface area contributed by atoms with Crippen molar-refractivity contribution in [3.8, 4) is 0 Å². The smallest absolute Gasteiger partial charge is 0.316 e. The van der Waals surface area contributed by atoms with Gasteiger partial charge in [-0.25, -0.2) is 0 Å². The number of halogens is 1. The van der Waals surface area contributed by atoms with Gasteiger partial charge in [-0.3, -0.25) is 14.4 Å². The van der Waals surface area contributed by atoms with Gasteiger partial charge in [-0.15, -0.1) is 11.8 Å². The topological polar surface area (TPSA) is 75.7 Å². The molecule has 1 aromatic carbocycles. The Morgan fingerprint density at radius 2 is 1.92 bits per heavy atom. The highest BCUT2D eigenvalue weighted by molar-refractivity contribution is 9.10. The summed E-state index contributed by atoms with van der Waals surface area (Å²) >= 11 is 4.83. The summed E-state index contributed by atoms with van der Waals surface area (Å²) < 4.78 is 5.99. The molecule has 6 nitrogen and oxygen atoms in total. The minimum Gasteiger partial charge on any atom is -0.455 e. The van der Waals surface area contributed by atoms with E-state index in [4.69, 9.17) is 4.74 Å². The molecule has 1 aromatic rings. The van der Waals surface area contributed by atoms with Gasteiger partial charge in [-0.05, 0) is 37.1 Å². The first-order chi connectivity index (χ1) is 11.2. The maximum absolute atomic E-state index is 11.8. The number of hydrogen-bond donors (Lipinski definition) is 1. The van der Waals surface area contributed by atoms with Gasteiger partial charge in [0.05, 0.1) is 12.3 Å². The van der Waals surface area contributed by atoms with Crippen LogP contribution in [0.5, 0.6) is 0 Å². The van der Waals surface area contributed by atoms with Gasteiger partial charge in [0.2, 0.25) is 5.91 Å². The van der Waals surface area contributed by atoms with Gasteiger partial charge in [-0.2, -0.15) is 0 Å². The van der Waals surface area contributed by atoms with Crippen LogP contribution >= 0.6 is 27.7 Å². The molecule has 0 aliphatic rings. The lowest BCUT2D eigenvalue weighted by Gasteiger charge is -2.16. The van der Waals surface area contributed by atoms with Crippen LogP contribution in [0.15, 0.2) is 21.5 Å². The Bertz CT molecular complexity index is 637. The zero-order valence-electron chi connectivity index (χ0n) is 14.1. The van der Waals surface area contributed by atoms with Crippen LogP contribution in [0.2, 0.25) is 0 Å². The van der Waals surface area contributed by atoms with E-state index in [2.05, 4.69) is 21.2 Å². The third-order valence-electron chi connectivity index (χ3n) is 3.24. The number of carbonyl (C=O) groups is 3. The van der Waals surface area contributed by atoms with Gasteiger partial charge in [0.1, 0.15) is 0 Å². The molecular formula is C16H21BrN2O4S. The number of benzene rings is 1. The molecule has 1 rings (SSSR count). The normalized spacial score (nSPS) is 10.2. The van der Waals surface area contributed by atoms with E-state index in [1.54, 1.807) is 0 Å². The molecule has 24 heavy (non-hydrogen) atoms. The number of esters is 1. The third kappa shape index (κ3) is 6.52. The Morgan fingerprint density at radius 3 is 2.54 bits per heavy atom. The fraction of sp³-hybridized carbons (Fsp3) is 0.438. The molecule has 132 valence electrons. The predicted molar refractivity (Wildman–Crippen MR) is 97.0 cm³/mol. The highest BCUT2D eigenvalue weighted by Crippen LogP contribution is 2.28. The van der Waals surface area contributed by atoms with E-state index in [0.717, 1.165) is 20.5 Å². The Morgan fingerprint density at radius 1 is 1.25 bits per heavy atom. The fourth-order valence-corrected chi connectivity index (χ4v) is 3.08. The summed E-state index contributed by atoms with van der Waals surface area (Å²) in [5, 5.41) is 2.42. The lowest BCUT2D eigenvalue weighted by atomic mass is 10.2. The SMILES string of the molecule is CNC(=O)CN(C)C(=O)COC(=O)CSc1cc(C)c(Br)cc1C. The summed E-state index contributed by atoms with van der Waals surface area (Å²) in [4.78, 5) is 36.9. The first kappa shape index (κ1) is 20.5. The number of hydrogen-bond acceptors (Lipinski definition) is 5. The van der Waals surface area contributed by atoms with Crippen molar-refractivity contribution in [2.45, 2.75) is 18.7 Å². The second-order valence-corrected chi connectivity index (χ2v) is 7.11. The lowest BCUT2D eigenvalue weighted by molar-refractivity contribution is -0.149. The average Bonchev–Trinajstić information content (AvgIpc) is 2.54. The minimum atomic E-state index is -0.471. The standard InChI is InChI=1S/C16H21BrN2O4S/c1-10-6-13(11(2)5-12(10)17)24-9-16(22)23-8-15(21)19(4)7-14(20)18-3/h5-6H,7-9H2,1-4H3,(H,18,20). The monoisotopic (exact) mass is 416 g/mol. The molecule has 1 N–H and O–H groups in total. The first-order valence-corrected chi connectivity index (χ1v) is 9.02. The van der Waals surface area contributed by atoms with Crippen LogP contribution in [-0.4, -0.2) is 55.7 Å².